The second-order valence-corrected chi connectivity index (χ2v) is 5.33. The first-order valence-corrected chi connectivity index (χ1v) is 6.62. The summed E-state index contributed by atoms with van der Waals surface area (Å²) in [6, 6.07) is 3.25. The fourth-order valence-corrected chi connectivity index (χ4v) is 2.90. The van der Waals surface area contributed by atoms with Crippen molar-refractivity contribution in [3.63, 3.8) is 0 Å². The van der Waals surface area contributed by atoms with Gasteiger partial charge in [0.15, 0.2) is 0 Å². The van der Waals surface area contributed by atoms with Gasteiger partial charge in [-0.15, -0.1) is 0 Å². The van der Waals surface area contributed by atoms with Gasteiger partial charge in [-0.2, -0.15) is 11.3 Å². The first-order chi connectivity index (χ1) is 7.24. The molecule has 1 aromatic rings. The Morgan fingerprint density at radius 2 is 2.33 bits per heavy atom. The molecule has 1 heterocycles. The van der Waals surface area contributed by atoms with Gasteiger partial charge in [0.25, 0.3) is 0 Å². The second kappa shape index (κ2) is 4.64. The highest BCUT2D eigenvalue weighted by Gasteiger charge is 2.33. The maximum absolute atomic E-state index is 5.89. The SMILES string of the molecule is CC(C1CC1)N(C)C(CN)c1ccsc1. The molecule has 84 valence electrons. The number of likely N-dealkylation sites (N-methyl/N-ethyl adjacent to an activating group) is 1. The zero-order valence-electron chi connectivity index (χ0n) is 9.52. The molecule has 1 fully saturated rings. The molecule has 0 spiro atoms. The molecule has 0 saturated heterocycles. The van der Waals surface area contributed by atoms with Crippen LogP contribution in [-0.4, -0.2) is 24.5 Å². The van der Waals surface area contributed by atoms with Gasteiger partial charge in [-0.25, -0.2) is 0 Å². The summed E-state index contributed by atoms with van der Waals surface area (Å²) < 4.78 is 0. The summed E-state index contributed by atoms with van der Waals surface area (Å²) in [5.41, 5.74) is 7.26. The molecule has 2 rings (SSSR count). The molecular formula is C12H20N2S. The highest BCUT2D eigenvalue weighted by molar-refractivity contribution is 7.07. The number of nitrogens with two attached hydrogens (primary N) is 1. The summed E-state index contributed by atoms with van der Waals surface area (Å²) in [7, 11) is 2.21. The highest BCUT2D eigenvalue weighted by Crippen LogP contribution is 2.37. The van der Waals surface area contributed by atoms with Crippen LogP contribution in [0.1, 0.15) is 31.4 Å². The fraction of sp³-hybridized carbons (Fsp3) is 0.667. The Morgan fingerprint density at radius 3 is 2.80 bits per heavy atom. The van der Waals surface area contributed by atoms with E-state index in [2.05, 4.69) is 35.7 Å². The molecule has 2 N–H and O–H groups in total. The average molecular weight is 224 g/mol. The van der Waals surface area contributed by atoms with Crippen LogP contribution in [0.3, 0.4) is 0 Å². The normalized spacial score (nSPS) is 20.5. The van der Waals surface area contributed by atoms with Gasteiger partial charge in [-0.05, 0) is 55.1 Å². The molecule has 15 heavy (non-hydrogen) atoms. The van der Waals surface area contributed by atoms with E-state index in [0.717, 1.165) is 5.92 Å². The molecule has 0 radical (unpaired) electrons. The van der Waals surface area contributed by atoms with E-state index in [1.165, 1.54) is 18.4 Å². The van der Waals surface area contributed by atoms with Crippen LogP contribution in [0, 0.1) is 5.92 Å². The number of hydrogen-bond acceptors (Lipinski definition) is 3. The lowest BCUT2D eigenvalue weighted by Gasteiger charge is -2.32. The van der Waals surface area contributed by atoms with Gasteiger partial charge in [-0.1, -0.05) is 0 Å². The lowest BCUT2D eigenvalue weighted by molar-refractivity contribution is 0.171. The second-order valence-electron chi connectivity index (χ2n) is 4.55. The topological polar surface area (TPSA) is 29.3 Å². The quantitative estimate of drug-likeness (QED) is 0.832. The standard InChI is InChI=1S/C12H20N2S/c1-9(10-3-4-10)14(2)12(7-13)11-5-6-15-8-11/h5-6,8-10,12H,3-4,7,13H2,1-2H3. The minimum atomic E-state index is 0.395. The van der Waals surface area contributed by atoms with Gasteiger partial charge in [0, 0.05) is 18.6 Å². The van der Waals surface area contributed by atoms with E-state index in [0.29, 0.717) is 18.6 Å². The van der Waals surface area contributed by atoms with E-state index in [-0.39, 0.29) is 0 Å². The predicted octanol–water partition coefficient (Wildman–Crippen LogP) is 2.48. The Bertz CT molecular complexity index is 293. The molecule has 1 aromatic heterocycles. The van der Waals surface area contributed by atoms with E-state index in [9.17, 15) is 0 Å². The van der Waals surface area contributed by atoms with E-state index in [1.54, 1.807) is 11.3 Å². The van der Waals surface area contributed by atoms with Gasteiger partial charge < -0.3 is 5.73 Å². The first-order valence-electron chi connectivity index (χ1n) is 5.68. The number of hydrogen-bond donors (Lipinski definition) is 1. The van der Waals surface area contributed by atoms with Crippen LogP contribution in [0.2, 0.25) is 0 Å². The molecule has 0 bridgehead atoms. The molecule has 0 amide bonds. The van der Waals surface area contributed by atoms with Crippen molar-refractivity contribution >= 4 is 11.3 Å². The summed E-state index contributed by atoms with van der Waals surface area (Å²) in [6.45, 7) is 3.04. The molecule has 2 atom stereocenters. The van der Waals surface area contributed by atoms with E-state index in [4.69, 9.17) is 5.73 Å². The fourth-order valence-electron chi connectivity index (χ4n) is 2.20. The molecule has 2 nitrogen and oxygen atoms in total. The van der Waals surface area contributed by atoms with Crippen LogP contribution < -0.4 is 5.73 Å². The van der Waals surface area contributed by atoms with Crippen molar-refractivity contribution < 1.29 is 0 Å². The third-order valence-corrected chi connectivity index (χ3v) is 4.29. The zero-order chi connectivity index (χ0) is 10.8. The van der Waals surface area contributed by atoms with Crippen molar-refractivity contribution in [3.05, 3.63) is 22.4 Å². The molecule has 1 aliphatic rings. The van der Waals surface area contributed by atoms with Crippen LogP contribution in [0.4, 0.5) is 0 Å². The Kier molecular flexibility index (Phi) is 3.44. The Labute approximate surface area is 96.1 Å². The molecule has 3 heteroatoms. The summed E-state index contributed by atoms with van der Waals surface area (Å²) in [6.07, 6.45) is 2.79. The predicted molar refractivity (Wildman–Crippen MR) is 66.1 cm³/mol. The number of thiophene rings is 1. The smallest absolute Gasteiger partial charge is 0.0478 e. The van der Waals surface area contributed by atoms with Gasteiger partial charge >= 0.3 is 0 Å². The van der Waals surface area contributed by atoms with Crippen LogP contribution in [-0.2, 0) is 0 Å². The Balaban J connectivity index is 2.05. The minimum absolute atomic E-state index is 0.395. The molecule has 1 aliphatic carbocycles. The van der Waals surface area contributed by atoms with Gasteiger partial charge in [0.05, 0.1) is 0 Å². The highest BCUT2D eigenvalue weighted by atomic mass is 32.1. The third-order valence-electron chi connectivity index (χ3n) is 3.59. The van der Waals surface area contributed by atoms with Crippen LogP contribution in [0.5, 0.6) is 0 Å². The van der Waals surface area contributed by atoms with Gasteiger partial charge in [0.2, 0.25) is 0 Å². The molecule has 0 aliphatic heterocycles. The summed E-state index contributed by atoms with van der Waals surface area (Å²) in [4.78, 5) is 2.44. The lowest BCUT2D eigenvalue weighted by Crippen LogP contribution is -2.37. The van der Waals surface area contributed by atoms with E-state index >= 15 is 0 Å². The van der Waals surface area contributed by atoms with Crippen LogP contribution in [0.15, 0.2) is 16.8 Å². The average Bonchev–Trinajstić information content (AvgIpc) is 2.96. The van der Waals surface area contributed by atoms with Crippen molar-refractivity contribution in [1.82, 2.24) is 4.90 Å². The van der Waals surface area contributed by atoms with Crippen molar-refractivity contribution in [3.8, 4) is 0 Å². The Hall–Kier alpha value is -0.380. The molecule has 1 saturated carbocycles. The monoisotopic (exact) mass is 224 g/mol. The molecule has 2 unspecified atom stereocenters. The first kappa shape index (κ1) is 11.1. The zero-order valence-corrected chi connectivity index (χ0v) is 10.3. The minimum Gasteiger partial charge on any atom is -0.329 e. The van der Waals surface area contributed by atoms with Gasteiger partial charge in [-0.3, -0.25) is 4.90 Å². The molecular weight excluding hydrogens is 204 g/mol. The van der Waals surface area contributed by atoms with Gasteiger partial charge in [0.1, 0.15) is 0 Å². The third kappa shape index (κ3) is 2.41. The number of rotatable bonds is 5. The molecule has 0 aromatic carbocycles. The van der Waals surface area contributed by atoms with Crippen LogP contribution in [0.25, 0.3) is 0 Å². The maximum atomic E-state index is 5.89. The van der Waals surface area contributed by atoms with Crippen LogP contribution >= 0.6 is 11.3 Å². The number of nitrogens with zero attached hydrogens (tertiary/aromatic N) is 1. The summed E-state index contributed by atoms with van der Waals surface area (Å²) >= 11 is 1.75. The van der Waals surface area contributed by atoms with Crippen molar-refractivity contribution in [2.75, 3.05) is 13.6 Å². The van der Waals surface area contributed by atoms with E-state index < -0.39 is 0 Å². The van der Waals surface area contributed by atoms with E-state index in [1.807, 2.05) is 0 Å². The lowest BCUT2D eigenvalue weighted by atomic mass is 10.1. The van der Waals surface area contributed by atoms with Crippen molar-refractivity contribution in [2.24, 2.45) is 11.7 Å². The Morgan fingerprint density at radius 1 is 1.60 bits per heavy atom. The maximum Gasteiger partial charge on any atom is 0.0478 e. The van der Waals surface area contributed by atoms with Crippen molar-refractivity contribution in [1.29, 1.82) is 0 Å². The van der Waals surface area contributed by atoms with Crippen molar-refractivity contribution in [2.45, 2.75) is 31.8 Å². The largest absolute Gasteiger partial charge is 0.329 e. The summed E-state index contributed by atoms with van der Waals surface area (Å²) in [5, 5.41) is 4.35. The summed E-state index contributed by atoms with van der Waals surface area (Å²) in [5.74, 6) is 0.905.